The number of hydrogen-bond acceptors (Lipinski definition) is 4. The molecule has 2 aromatic heterocycles. The van der Waals surface area contributed by atoms with Crippen molar-refractivity contribution in [2.75, 3.05) is 5.32 Å². The van der Waals surface area contributed by atoms with E-state index in [0.29, 0.717) is 34.8 Å². The van der Waals surface area contributed by atoms with Crippen LogP contribution in [-0.2, 0) is 4.79 Å². The molecule has 5 nitrogen and oxygen atoms in total. The highest BCUT2D eigenvalue weighted by atomic mass is 19.1. The Morgan fingerprint density at radius 1 is 1.15 bits per heavy atom. The van der Waals surface area contributed by atoms with Gasteiger partial charge in [-0.2, -0.15) is 0 Å². The molecule has 6 heteroatoms. The summed E-state index contributed by atoms with van der Waals surface area (Å²) in [5.74, 6) is 2.59. The van der Waals surface area contributed by atoms with Crippen molar-refractivity contribution in [1.82, 2.24) is 9.97 Å². The molecule has 1 amide bonds. The number of ether oxygens (including phenoxy) is 1. The van der Waals surface area contributed by atoms with Gasteiger partial charge in [-0.15, -0.1) is 0 Å². The molecule has 1 aromatic carbocycles. The van der Waals surface area contributed by atoms with Gasteiger partial charge in [0.25, 0.3) is 0 Å². The Morgan fingerprint density at radius 3 is 2.67 bits per heavy atom. The number of aromatic nitrogens is 2. The maximum absolute atomic E-state index is 13.7. The molecule has 170 valence electrons. The van der Waals surface area contributed by atoms with Crippen molar-refractivity contribution >= 4 is 22.5 Å². The standard InChI is InChI=1S/C27H28FN3O2/c1-2-19(27(32)31-17-6-8-23(30-14-17)15-3-4-15)26-20-12-18(13-21(20)26)33-25-9-10-29-24-7-5-16(28)11-22(24)25/h5-11,14-15,18-21,26H,2-4,12-13H2,1H3,(H,31,32)/t18-,19?,20-,21+,26+. The second-order valence-corrected chi connectivity index (χ2v) is 9.84. The molecule has 0 spiro atoms. The maximum Gasteiger partial charge on any atom is 0.227 e. The monoisotopic (exact) mass is 445 g/mol. The molecular formula is C27H28FN3O2. The average Bonchev–Trinajstić information content (AvgIpc) is 3.73. The van der Waals surface area contributed by atoms with E-state index in [1.165, 1.54) is 25.0 Å². The van der Waals surface area contributed by atoms with Crippen LogP contribution in [0, 0.1) is 29.5 Å². The van der Waals surface area contributed by atoms with Crippen molar-refractivity contribution in [3.05, 3.63) is 60.3 Å². The zero-order valence-corrected chi connectivity index (χ0v) is 18.7. The van der Waals surface area contributed by atoms with Crippen molar-refractivity contribution in [2.24, 2.45) is 23.7 Å². The van der Waals surface area contributed by atoms with E-state index in [9.17, 15) is 9.18 Å². The lowest BCUT2D eigenvalue weighted by atomic mass is 9.93. The fourth-order valence-electron chi connectivity index (χ4n) is 5.88. The van der Waals surface area contributed by atoms with Gasteiger partial charge in [0.05, 0.1) is 23.5 Å². The number of amides is 1. The van der Waals surface area contributed by atoms with Gasteiger partial charge in [0.1, 0.15) is 11.6 Å². The number of carbonyl (C=O) groups is 1. The van der Waals surface area contributed by atoms with Gasteiger partial charge in [-0.25, -0.2) is 4.39 Å². The number of halogens is 1. The lowest BCUT2D eigenvalue weighted by molar-refractivity contribution is -0.121. The van der Waals surface area contributed by atoms with E-state index in [4.69, 9.17) is 4.74 Å². The molecule has 0 bridgehead atoms. The highest BCUT2D eigenvalue weighted by molar-refractivity contribution is 5.93. The lowest BCUT2D eigenvalue weighted by Crippen LogP contribution is -2.27. The molecule has 3 aliphatic rings. The molecule has 0 radical (unpaired) electrons. The van der Waals surface area contributed by atoms with E-state index in [1.807, 2.05) is 18.2 Å². The Kier molecular flexibility index (Phi) is 5.04. The summed E-state index contributed by atoms with van der Waals surface area (Å²) >= 11 is 0. The van der Waals surface area contributed by atoms with Crippen LogP contribution in [0.2, 0.25) is 0 Å². The molecule has 3 fully saturated rings. The molecule has 1 N–H and O–H groups in total. The maximum atomic E-state index is 13.7. The van der Waals surface area contributed by atoms with Gasteiger partial charge in [0.2, 0.25) is 5.91 Å². The summed E-state index contributed by atoms with van der Waals surface area (Å²) in [7, 11) is 0. The Labute approximate surface area is 192 Å². The van der Waals surface area contributed by atoms with Gasteiger partial charge in [-0.05, 0) is 86.3 Å². The van der Waals surface area contributed by atoms with E-state index in [2.05, 4.69) is 22.2 Å². The Morgan fingerprint density at radius 2 is 1.97 bits per heavy atom. The van der Waals surface area contributed by atoms with Crippen LogP contribution in [0.4, 0.5) is 10.1 Å². The van der Waals surface area contributed by atoms with Crippen LogP contribution in [0.25, 0.3) is 10.9 Å². The zero-order chi connectivity index (χ0) is 22.5. The van der Waals surface area contributed by atoms with Gasteiger partial charge < -0.3 is 10.1 Å². The summed E-state index contributed by atoms with van der Waals surface area (Å²) in [4.78, 5) is 21.8. The fraction of sp³-hybridized carbons (Fsp3) is 0.444. The number of fused-ring (bicyclic) bond motifs is 2. The lowest BCUT2D eigenvalue weighted by Gasteiger charge is -2.21. The normalized spacial score (nSPS) is 26.6. The Bertz CT molecular complexity index is 1180. The van der Waals surface area contributed by atoms with E-state index in [-0.39, 0.29) is 23.7 Å². The Hall–Kier alpha value is -3.02. The Balaban J connectivity index is 1.07. The highest BCUT2D eigenvalue weighted by Gasteiger charge is 2.60. The molecule has 3 aliphatic carbocycles. The first-order valence-electron chi connectivity index (χ1n) is 12.1. The van der Waals surface area contributed by atoms with E-state index >= 15 is 0 Å². The molecule has 0 aliphatic heterocycles. The number of rotatable bonds is 7. The van der Waals surface area contributed by atoms with Crippen LogP contribution in [0.1, 0.15) is 50.6 Å². The summed E-state index contributed by atoms with van der Waals surface area (Å²) in [5, 5.41) is 3.80. The molecule has 3 saturated carbocycles. The van der Waals surface area contributed by atoms with Crippen molar-refractivity contribution in [1.29, 1.82) is 0 Å². The minimum absolute atomic E-state index is 0.0138. The first-order valence-corrected chi connectivity index (χ1v) is 12.1. The van der Waals surface area contributed by atoms with Crippen molar-refractivity contribution in [3.8, 4) is 5.75 Å². The van der Waals surface area contributed by atoms with Crippen LogP contribution >= 0.6 is 0 Å². The third-order valence-electron chi connectivity index (χ3n) is 7.72. The first kappa shape index (κ1) is 20.6. The van der Waals surface area contributed by atoms with Crippen LogP contribution in [-0.4, -0.2) is 22.0 Å². The molecule has 5 atom stereocenters. The quantitative estimate of drug-likeness (QED) is 0.506. The SMILES string of the molecule is CCC(C(=O)Nc1ccc(C2CC2)nc1)[C@H]1[C@@H]2C[C@@H](Oc3ccnc4ccc(F)cc34)C[C@@H]21. The van der Waals surface area contributed by atoms with Gasteiger partial charge in [0, 0.05) is 29.1 Å². The summed E-state index contributed by atoms with van der Waals surface area (Å²) in [6.45, 7) is 2.10. The van der Waals surface area contributed by atoms with Gasteiger partial charge >= 0.3 is 0 Å². The molecule has 2 heterocycles. The van der Waals surface area contributed by atoms with E-state index in [0.717, 1.165) is 36.2 Å². The molecule has 1 unspecified atom stereocenters. The number of carbonyl (C=O) groups excluding carboxylic acids is 1. The highest BCUT2D eigenvalue weighted by Crippen LogP contribution is 2.62. The average molecular weight is 446 g/mol. The van der Waals surface area contributed by atoms with E-state index in [1.54, 1.807) is 18.5 Å². The van der Waals surface area contributed by atoms with Gasteiger partial charge in [-0.1, -0.05) is 6.92 Å². The van der Waals surface area contributed by atoms with Crippen LogP contribution in [0.3, 0.4) is 0 Å². The third kappa shape index (κ3) is 3.96. The second-order valence-electron chi connectivity index (χ2n) is 9.84. The minimum Gasteiger partial charge on any atom is -0.490 e. The first-order chi connectivity index (χ1) is 16.1. The number of benzene rings is 1. The second kappa shape index (κ2) is 8.08. The minimum atomic E-state index is -0.288. The van der Waals surface area contributed by atoms with Crippen LogP contribution < -0.4 is 10.1 Å². The molecule has 3 aromatic rings. The topological polar surface area (TPSA) is 64.1 Å². The van der Waals surface area contributed by atoms with Crippen LogP contribution in [0.15, 0.2) is 48.8 Å². The number of pyridine rings is 2. The smallest absolute Gasteiger partial charge is 0.227 e. The zero-order valence-electron chi connectivity index (χ0n) is 18.7. The molecule has 33 heavy (non-hydrogen) atoms. The number of anilines is 1. The van der Waals surface area contributed by atoms with Crippen molar-refractivity contribution in [3.63, 3.8) is 0 Å². The van der Waals surface area contributed by atoms with Gasteiger partial charge in [-0.3, -0.25) is 14.8 Å². The largest absolute Gasteiger partial charge is 0.490 e. The summed E-state index contributed by atoms with van der Waals surface area (Å²) < 4.78 is 20.0. The molecular weight excluding hydrogens is 417 g/mol. The summed E-state index contributed by atoms with van der Waals surface area (Å²) in [6, 6.07) is 10.4. The molecule has 0 saturated heterocycles. The summed E-state index contributed by atoms with van der Waals surface area (Å²) in [6.07, 6.45) is 8.75. The van der Waals surface area contributed by atoms with Crippen molar-refractivity contribution in [2.45, 2.75) is 51.0 Å². The predicted molar refractivity (Wildman–Crippen MR) is 124 cm³/mol. The van der Waals surface area contributed by atoms with Crippen molar-refractivity contribution < 1.29 is 13.9 Å². The number of nitrogens with zero attached hydrogens (tertiary/aromatic N) is 2. The third-order valence-corrected chi connectivity index (χ3v) is 7.72. The van der Waals surface area contributed by atoms with E-state index < -0.39 is 0 Å². The predicted octanol–water partition coefficient (Wildman–Crippen LogP) is 5.71. The summed E-state index contributed by atoms with van der Waals surface area (Å²) in [5.41, 5.74) is 2.65. The van der Waals surface area contributed by atoms with Crippen LogP contribution in [0.5, 0.6) is 5.75 Å². The number of hydrogen-bond donors (Lipinski definition) is 1. The van der Waals surface area contributed by atoms with Gasteiger partial charge in [0.15, 0.2) is 0 Å². The fourth-order valence-corrected chi connectivity index (χ4v) is 5.88. The molecule has 6 rings (SSSR count). The number of nitrogens with one attached hydrogen (secondary N) is 1.